The number of likely N-dealkylation sites (tertiary alicyclic amines) is 1. The first-order chi connectivity index (χ1) is 16.6. The van der Waals surface area contributed by atoms with E-state index in [2.05, 4.69) is 34.3 Å². The molecular weight excluding hydrogens is 442 g/mol. The fourth-order valence-electron chi connectivity index (χ4n) is 4.39. The maximum absolute atomic E-state index is 13.1. The summed E-state index contributed by atoms with van der Waals surface area (Å²) in [6.45, 7) is 5.55. The summed E-state index contributed by atoms with van der Waals surface area (Å²) in [6.07, 6.45) is 2.51. The second-order valence-corrected chi connectivity index (χ2v) is 10.0. The predicted octanol–water partition coefficient (Wildman–Crippen LogP) is 6.01. The monoisotopic (exact) mass is 469 g/mol. The Hall–Kier alpha value is -3.35. The van der Waals surface area contributed by atoms with E-state index < -0.39 is 0 Å². The molecule has 172 valence electrons. The Morgan fingerprint density at radius 2 is 1.68 bits per heavy atom. The second-order valence-electron chi connectivity index (χ2n) is 8.97. The summed E-state index contributed by atoms with van der Waals surface area (Å²) in [6, 6.07) is 22.2. The van der Waals surface area contributed by atoms with Crippen molar-refractivity contribution in [3.8, 4) is 0 Å². The normalized spacial score (nSPS) is 14.9. The Kier molecular flexibility index (Phi) is 6.52. The topological polar surface area (TPSA) is 62.3 Å². The number of benzene rings is 3. The summed E-state index contributed by atoms with van der Waals surface area (Å²) in [5.41, 5.74) is 3.41. The predicted molar refractivity (Wildman–Crippen MR) is 138 cm³/mol. The molecule has 1 aromatic heterocycles. The number of fused-ring (bicyclic) bond motifs is 1. The lowest BCUT2D eigenvalue weighted by molar-refractivity contribution is 0.0996. The molecule has 1 amide bonds. The van der Waals surface area contributed by atoms with Crippen molar-refractivity contribution in [1.82, 2.24) is 9.88 Å². The van der Waals surface area contributed by atoms with Crippen molar-refractivity contribution in [1.29, 1.82) is 0 Å². The molecule has 5 rings (SSSR count). The quantitative estimate of drug-likeness (QED) is 0.351. The summed E-state index contributed by atoms with van der Waals surface area (Å²) in [7, 11) is 0. The molecule has 0 saturated carbocycles. The largest absolute Gasteiger partial charge is 0.299 e. The summed E-state index contributed by atoms with van der Waals surface area (Å²) >= 11 is 1.46. The van der Waals surface area contributed by atoms with Gasteiger partial charge in [0.1, 0.15) is 0 Å². The lowest BCUT2D eigenvalue weighted by Gasteiger charge is -2.30. The van der Waals surface area contributed by atoms with Crippen LogP contribution in [-0.2, 0) is 6.54 Å². The molecule has 1 fully saturated rings. The Morgan fingerprint density at radius 1 is 0.971 bits per heavy atom. The number of nitrogens with one attached hydrogen (secondary N) is 1. The maximum atomic E-state index is 13.1. The summed E-state index contributed by atoms with van der Waals surface area (Å²) < 4.78 is 1.05. The number of aromatic nitrogens is 1. The van der Waals surface area contributed by atoms with Crippen LogP contribution in [0, 0.1) is 5.92 Å². The van der Waals surface area contributed by atoms with Crippen molar-refractivity contribution in [3.63, 3.8) is 0 Å². The average molecular weight is 470 g/mol. The molecule has 1 aliphatic rings. The third-order valence-corrected chi connectivity index (χ3v) is 7.34. The van der Waals surface area contributed by atoms with Crippen molar-refractivity contribution in [2.45, 2.75) is 26.3 Å². The molecule has 1 saturated heterocycles. The Labute approximate surface area is 203 Å². The van der Waals surface area contributed by atoms with Crippen LogP contribution in [0.4, 0.5) is 5.13 Å². The minimum Gasteiger partial charge on any atom is -0.299 e. The fraction of sp³-hybridized carbons (Fsp3) is 0.250. The molecule has 5 nitrogen and oxygen atoms in total. The molecule has 1 N–H and O–H groups in total. The lowest BCUT2D eigenvalue weighted by atomic mass is 9.98. The van der Waals surface area contributed by atoms with Gasteiger partial charge in [0.25, 0.3) is 5.91 Å². The zero-order valence-electron chi connectivity index (χ0n) is 19.2. The van der Waals surface area contributed by atoms with E-state index in [9.17, 15) is 9.59 Å². The second kappa shape index (κ2) is 9.87. The number of carbonyl (C=O) groups is 2. The molecule has 0 atom stereocenters. The zero-order valence-corrected chi connectivity index (χ0v) is 20.0. The van der Waals surface area contributed by atoms with E-state index in [1.54, 1.807) is 36.4 Å². The van der Waals surface area contributed by atoms with Gasteiger partial charge >= 0.3 is 0 Å². The smallest absolute Gasteiger partial charge is 0.258 e. The first-order valence-corrected chi connectivity index (χ1v) is 12.5. The Morgan fingerprint density at radius 3 is 2.44 bits per heavy atom. The molecule has 6 heteroatoms. The number of carbonyl (C=O) groups excluding carboxylic acids is 2. The van der Waals surface area contributed by atoms with Crippen molar-refractivity contribution >= 4 is 38.4 Å². The first-order valence-electron chi connectivity index (χ1n) is 11.7. The Balaban J connectivity index is 1.33. The van der Waals surface area contributed by atoms with Gasteiger partial charge in [-0.05, 0) is 55.6 Å². The van der Waals surface area contributed by atoms with Gasteiger partial charge in [0.2, 0.25) is 0 Å². The van der Waals surface area contributed by atoms with Gasteiger partial charge in [-0.15, -0.1) is 0 Å². The van der Waals surface area contributed by atoms with E-state index in [-0.39, 0.29) is 11.7 Å². The van der Waals surface area contributed by atoms with E-state index in [1.165, 1.54) is 29.7 Å². The summed E-state index contributed by atoms with van der Waals surface area (Å²) in [5.74, 6) is 0.313. The third kappa shape index (κ3) is 4.93. The number of piperidine rings is 1. The van der Waals surface area contributed by atoms with E-state index in [0.29, 0.717) is 21.8 Å². The van der Waals surface area contributed by atoms with Crippen LogP contribution in [0.5, 0.6) is 0 Å². The van der Waals surface area contributed by atoms with E-state index in [0.717, 1.165) is 35.8 Å². The third-order valence-electron chi connectivity index (χ3n) is 6.41. The van der Waals surface area contributed by atoms with Crippen LogP contribution in [0.2, 0.25) is 0 Å². The van der Waals surface area contributed by atoms with Gasteiger partial charge in [-0.25, -0.2) is 4.98 Å². The first kappa shape index (κ1) is 22.4. The van der Waals surface area contributed by atoms with Gasteiger partial charge in [0.05, 0.1) is 15.8 Å². The van der Waals surface area contributed by atoms with Crippen molar-refractivity contribution in [3.05, 3.63) is 95.1 Å². The van der Waals surface area contributed by atoms with Crippen molar-refractivity contribution < 1.29 is 9.59 Å². The number of hydrogen-bond donors (Lipinski definition) is 1. The average Bonchev–Trinajstić information content (AvgIpc) is 3.27. The van der Waals surface area contributed by atoms with Crippen LogP contribution < -0.4 is 5.32 Å². The highest BCUT2D eigenvalue weighted by Gasteiger charge is 2.20. The van der Waals surface area contributed by atoms with Gasteiger partial charge in [0.15, 0.2) is 10.9 Å². The van der Waals surface area contributed by atoms with Gasteiger partial charge < -0.3 is 0 Å². The fourth-order valence-corrected chi connectivity index (χ4v) is 5.31. The molecule has 0 spiro atoms. The summed E-state index contributed by atoms with van der Waals surface area (Å²) in [4.78, 5) is 33.2. The lowest BCUT2D eigenvalue weighted by Crippen LogP contribution is -2.32. The van der Waals surface area contributed by atoms with Crippen LogP contribution in [0.25, 0.3) is 10.2 Å². The standard InChI is InChI=1S/C28H27N3O2S/c1-19-13-15-31(16-14-19)18-20-11-12-24-25(17-20)34-28(29-24)30-27(33)23-10-6-5-9-22(23)26(32)21-7-3-2-4-8-21/h2-12,17,19H,13-16,18H2,1H3,(H,29,30,33). The Bertz CT molecular complexity index is 1320. The summed E-state index contributed by atoms with van der Waals surface area (Å²) in [5, 5.41) is 3.44. The highest BCUT2D eigenvalue weighted by atomic mass is 32.1. The molecule has 0 radical (unpaired) electrons. The number of amides is 1. The van der Waals surface area contributed by atoms with E-state index >= 15 is 0 Å². The number of ketones is 1. The van der Waals surface area contributed by atoms with E-state index in [4.69, 9.17) is 0 Å². The van der Waals surface area contributed by atoms with Crippen LogP contribution >= 0.6 is 11.3 Å². The molecule has 34 heavy (non-hydrogen) atoms. The van der Waals surface area contributed by atoms with Crippen LogP contribution in [0.15, 0.2) is 72.8 Å². The molecule has 0 aliphatic carbocycles. The SMILES string of the molecule is CC1CCN(Cc2ccc3nc(NC(=O)c4ccccc4C(=O)c4ccccc4)sc3c2)CC1. The number of rotatable bonds is 6. The number of hydrogen-bond acceptors (Lipinski definition) is 5. The van der Waals surface area contributed by atoms with Crippen molar-refractivity contribution in [2.75, 3.05) is 18.4 Å². The van der Waals surface area contributed by atoms with Crippen LogP contribution in [-0.4, -0.2) is 34.7 Å². The van der Waals surface area contributed by atoms with Crippen molar-refractivity contribution in [2.24, 2.45) is 5.92 Å². The van der Waals surface area contributed by atoms with Crippen LogP contribution in [0.3, 0.4) is 0 Å². The molecule has 2 heterocycles. The molecular formula is C28H27N3O2S. The zero-order chi connectivity index (χ0) is 23.5. The van der Waals surface area contributed by atoms with Gasteiger partial charge in [-0.3, -0.25) is 19.8 Å². The molecule has 0 bridgehead atoms. The van der Waals surface area contributed by atoms with Gasteiger partial charge in [-0.1, -0.05) is 72.9 Å². The van der Waals surface area contributed by atoms with E-state index in [1.807, 2.05) is 24.3 Å². The number of thiazole rings is 1. The molecule has 0 unspecified atom stereocenters. The minimum atomic E-state index is -0.332. The number of nitrogens with zero attached hydrogens (tertiary/aromatic N) is 2. The minimum absolute atomic E-state index is 0.174. The molecule has 4 aromatic rings. The van der Waals surface area contributed by atoms with Gasteiger partial charge in [-0.2, -0.15) is 0 Å². The molecule has 1 aliphatic heterocycles. The highest BCUT2D eigenvalue weighted by Crippen LogP contribution is 2.28. The highest BCUT2D eigenvalue weighted by molar-refractivity contribution is 7.22. The number of anilines is 1. The van der Waals surface area contributed by atoms with Crippen LogP contribution in [0.1, 0.15) is 51.6 Å². The van der Waals surface area contributed by atoms with Gasteiger partial charge in [0, 0.05) is 17.7 Å². The molecule has 3 aromatic carbocycles. The maximum Gasteiger partial charge on any atom is 0.258 e.